The molecule has 0 aromatic rings. The summed E-state index contributed by atoms with van der Waals surface area (Å²) in [6, 6.07) is 0.110. The van der Waals surface area contributed by atoms with Crippen LogP contribution in [0.25, 0.3) is 0 Å². The van der Waals surface area contributed by atoms with E-state index in [1.807, 2.05) is 20.8 Å². The van der Waals surface area contributed by atoms with Crippen LogP contribution in [0.15, 0.2) is 0 Å². The molecule has 0 spiro atoms. The Hall–Kier alpha value is -1.06. The van der Waals surface area contributed by atoms with E-state index in [0.717, 1.165) is 12.8 Å². The number of carboxylic acids is 1. The van der Waals surface area contributed by atoms with Crippen LogP contribution in [0, 0.1) is 23.2 Å². The zero-order chi connectivity index (χ0) is 14.1. The van der Waals surface area contributed by atoms with Gasteiger partial charge in [-0.2, -0.15) is 0 Å². The fourth-order valence-electron chi connectivity index (χ4n) is 2.75. The molecule has 4 heteroatoms. The van der Waals surface area contributed by atoms with E-state index in [2.05, 4.69) is 19.2 Å². The fourth-order valence-corrected chi connectivity index (χ4v) is 2.75. The van der Waals surface area contributed by atoms with Crippen LogP contribution in [0.1, 0.15) is 47.5 Å². The SMILES string of the molecule is CCC(C)CC(C)NC(=O)[C@H]1[C@@H](C(=O)O)C1(C)C. The van der Waals surface area contributed by atoms with Crippen LogP contribution in [0.3, 0.4) is 0 Å². The summed E-state index contributed by atoms with van der Waals surface area (Å²) in [7, 11) is 0. The molecule has 1 aliphatic rings. The van der Waals surface area contributed by atoms with Crippen LogP contribution in [0.2, 0.25) is 0 Å². The number of rotatable bonds is 6. The minimum absolute atomic E-state index is 0.108. The maximum atomic E-state index is 12.0. The van der Waals surface area contributed by atoms with Crippen LogP contribution >= 0.6 is 0 Å². The number of aliphatic carboxylic acids is 1. The smallest absolute Gasteiger partial charge is 0.307 e. The number of hydrogen-bond donors (Lipinski definition) is 2. The van der Waals surface area contributed by atoms with E-state index in [9.17, 15) is 9.59 Å². The van der Waals surface area contributed by atoms with Crippen LogP contribution < -0.4 is 5.32 Å². The lowest BCUT2D eigenvalue weighted by atomic mass is 10.00. The van der Waals surface area contributed by atoms with Crippen LogP contribution in [-0.2, 0) is 9.59 Å². The quantitative estimate of drug-likeness (QED) is 0.765. The first kappa shape index (κ1) is 15.0. The number of amides is 1. The van der Waals surface area contributed by atoms with Gasteiger partial charge in [-0.15, -0.1) is 0 Å². The Labute approximate surface area is 109 Å². The van der Waals surface area contributed by atoms with E-state index in [1.165, 1.54) is 0 Å². The van der Waals surface area contributed by atoms with Gasteiger partial charge in [-0.1, -0.05) is 34.1 Å². The highest BCUT2D eigenvalue weighted by atomic mass is 16.4. The predicted octanol–water partition coefficient (Wildman–Crippen LogP) is 2.28. The van der Waals surface area contributed by atoms with Crippen LogP contribution in [0.5, 0.6) is 0 Å². The van der Waals surface area contributed by atoms with E-state index in [0.29, 0.717) is 5.92 Å². The van der Waals surface area contributed by atoms with Gasteiger partial charge in [0.25, 0.3) is 0 Å². The molecule has 1 aliphatic carbocycles. The van der Waals surface area contributed by atoms with Gasteiger partial charge in [0, 0.05) is 6.04 Å². The highest BCUT2D eigenvalue weighted by Crippen LogP contribution is 2.58. The first-order valence-electron chi connectivity index (χ1n) is 6.75. The second-order valence-corrected chi connectivity index (χ2v) is 6.27. The molecule has 0 saturated heterocycles. The average molecular weight is 255 g/mol. The van der Waals surface area contributed by atoms with Crippen molar-refractivity contribution in [2.45, 2.75) is 53.5 Å². The minimum atomic E-state index is -0.866. The molecular formula is C14H25NO3. The second kappa shape index (κ2) is 5.29. The second-order valence-electron chi connectivity index (χ2n) is 6.27. The molecule has 1 amide bonds. The van der Waals surface area contributed by atoms with Gasteiger partial charge in [0.05, 0.1) is 11.8 Å². The van der Waals surface area contributed by atoms with Gasteiger partial charge in [-0.05, 0) is 24.7 Å². The van der Waals surface area contributed by atoms with Crippen molar-refractivity contribution in [1.82, 2.24) is 5.32 Å². The Bertz CT molecular complexity index is 338. The van der Waals surface area contributed by atoms with E-state index < -0.39 is 17.3 Å². The summed E-state index contributed by atoms with van der Waals surface area (Å²) in [5, 5.41) is 12.0. The molecule has 18 heavy (non-hydrogen) atoms. The summed E-state index contributed by atoms with van der Waals surface area (Å²) >= 11 is 0. The Morgan fingerprint density at radius 1 is 1.28 bits per heavy atom. The van der Waals surface area contributed by atoms with Crippen molar-refractivity contribution in [2.24, 2.45) is 23.2 Å². The molecule has 0 aromatic heterocycles. The molecule has 0 aliphatic heterocycles. The Morgan fingerprint density at radius 3 is 2.22 bits per heavy atom. The first-order valence-corrected chi connectivity index (χ1v) is 6.75. The lowest BCUT2D eigenvalue weighted by molar-refractivity contribution is -0.140. The van der Waals surface area contributed by atoms with Gasteiger partial charge in [0.2, 0.25) is 5.91 Å². The molecule has 2 unspecified atom stereocenters. The van der Waals surface area contributed by atoms with Gasteiger partial charge < -0.3 is 10.4 Å². The summed E-state index contributed by atoms with van der Waals surface area (Å²) in [5.41, 5.74) is -0.411. The summed E-state index contributed by atoms with van der Waals surface area (Å²) in [6.07, 6.45) is 2.03. The van der Waals surface area contributed by atoms with Crippen LogP contribution in [0.4, 0.5) is 0 Å². The maximum absolute atomic E-state index is 12.0. The number of carbonyl (C=O) groups is 2. The molecular weight excluding hydrogens is 230 g/mol. The predicted molar refractivity (Wildman–Crippen MR) is 70.1 cm³/mol. The molecule has 1 rings (SSSR count). The number of carboxylic acid groups (broad SMARTS) is 1. The summed E-state index contributed by atoms with van der Waals surface area (Å²) in [6.45, 7) is 9.95. The first-order chi connectivity index (χ1) is 8.21. The average Bonchev–Trinajstić information content (AvgIpc) is 2.81. The minimum Gasteiger partial charge on any atom is -0.481 e. The number of hydrogen-bond acceptors (Lipinski definition) is 2. The fraction of sp³-hybridized carbons (Fsp3) is 0.857. The lowest BCUT2D eigenvalue weighted by Gasteiger charge is -2.17. The lowest BCUT2D eigenvalue weighted by Crippen LogP contribution is -2.36. The topological polar surface area (TPSA) is 66.4 Å². The highest BCUT2D eigenvalue weighted by molar-refractivity contribution is 5.91. The van der Waals surface area contributed by atoms with E-state index >= 15 is 0 Å². The van der Waals surface area contributed by atoms with E-state index in [4.69, 9.17) is 5.11 Å². The maximum Gasteiger partial charge on any atom is 0.307 e. The molecule has 104 valence electrons. The molecule has 0 heterocycles. The van der Waals surface area contributed by atoms with E-state index in [-0.39, 0.29) is 17.9 Å². The molecule has 1 fully saturated rings. The molecule has 4 atom stereocenters. The third-order valence-electron chi connectivity index (χ3n) is 4.22. The van der Waals surface area contributed by atoms with Gasteiger partial charge in [0.1, 0.15) is 0 Å². The monoisotopic (exact) mass is 255 g/mol. The highest BCUT2D eigenvalue weighted by Gasteiger charge is 2.65. The van der Waals surface area contributed by atoms with Crippen molar-refractivity contribution >= 4 is 11.9 Å². The Balaban J connectivity index is 2.50. The zero-order valence-corrected chi connectivity index (χ0v) is 12.0. The van der Waals surface area contributed by atoms with Crippen molar-refractivity contribution in [3.63, 3.8) is 0 Å². The standard InChI is InChI=1S/C14H25NO3/c1-6-8(2)7-9(3)15-12(16)10-11(13(17)18)14(10,4)5/h8-11H,6-7H2,1-5H3,(H,15,16)(H,17,18)/t8?,9?,10-,11+/m1/s1. The third-order valence-corrected chi connectivity index (χ3v) is 4.22. The summed E-state index contributed by atoms with van der Waals surface area (Å²) < 4.78 is 0. The van der Waals surface area contributed by atoms with Crippen molar-refractivity contribution in [1.29, 1.82) is 0 Å². The van der Waals surface area contributed by atoms with Gasteiger partial charge in [-0.25, -0.2) is 0 Å². The van der Waals surface area contributed by atoms with Gasteiger partial charge >= 0.3 is 5.97 Å². The molecule has 0 aromatic carbocycles. The molecule has 2 N–H and O–H groups in total. The molecule has 1 saturated carbocycles. The van der Waals surface area contributed by atoms with Gasteiger partial charge in [-0.3, -0.25) is 9.59 Å². The normalized spacial score (nSPS) is 28.3. The van der Waals surface area contributed by atoms with E-state index in [1.54, 1.807) is 0 Å². The number of carbonyl (C=O) groups excluding carboxylic acids is 1. The number of nitrogens with one attached hydrogen (secondary N) is 1. The van der Waals surface area contributed by atoms with Crippen molar-refractivity contribution in [3.05, 3.63) is 0 Å². The summed E-state index contributed by atoms with van der Waals surface area (Å²) in [5.74, 6) is -1.32. The zero-order valence-electron chi connectivity index (χ0n) is 12.0. The Morgan fingerprint density at radius 2 is 1.83 bits per heavy atom. The summed E-state index contributed by atoms with van der Waals surface area (Å²) in [4.78, 5) is 23.1. The van der Waals surface area contributed by atoms with Crippen molar-refractivity contribution < 1.29 is 14.7 Å². The van der Waals surface area contributed by atoms with Crippen molar-refractivity contribution in [3.8, 4) is 0 Å². The molecule has 0 bridgehead atoms. The van der Waals surface area contributed by atoms with Gasteiger partial charge in [0.15, 0.2) is 0 Å². The largest absolute Gasteiger partial charge is 0.481 e. The Kier molecular flexibility index (Phi) is 4.41. The van der Waals surface area contributed by atoms with Crippen molar-refractivity contribution in [2.75, 3.05) is 0 Å². The molecule has 4 nitrogen and oxygen atoms in total. The third kappa shape index (κ3) is 3.03. The molecule has 0 radical (unpaired) electrons. The van der Waals surface area contributed by atoms with Crippen LogP contribution in [-0.4, -0.2) is 23.0 Å².